The quantitative estimate of drug-likeness (QED) is 0.418. The van der Waals surface area contributed by atoms with Crippen molar-refractivity contribution in [1.82, 2.24) is 5.32 Å². The summed E-state index contributed by atoms with van der Waals surface area (Å²) in [4.78, 5) is 0. The van der Waals surface area contributed by atoms with Crippen molar-refractivity contribution in [3.63, 3.8) is 0 Å². The Balaban J connectivity index is 3.92. The molecule has 5 heteroatoms. The highest BCUT2D eigenvalue weighted by Crippen LogP contribution is 2.15. The van der Waals surface area contributed by atoms with Crippen LogP contribution in [0.3, 0.4) is 0 Å². The van der Waals surface area contributed by atoms with Gasteiger partial charge in [-0.3, -0.25) is 0 Å². The molecule has 1 atom stereocenters. The molecule has 0 aliphatic carbocycles. The second-order valence-electron chi connectivity index (χ2n) is 4.90. The minimum absolute atomic E-state index is 0.183. The van der Waals surface area contributed by atoms with Crippen molar-refractivity contribution >= 4 is 8.80 Å². The predicted molar refractivity (Wildman–Crippen MR) is 82.2 cm³/mol. The van der Waals surface area contributed by atoms with E-state index >= 15 is 0 Å². The monoisotopic (exact) mass is 291 g/mol. The smallest absolute Gasteiger partial charge is 0.376 e. The molecule has 4 nitrogen and oxygen atoms in total. The molecule has 0 amide bonds. The highest BCUT2D eigenvalue weighted by molar-refractivity contribution is 6.62. The molecule has 0 bridgehead atoms. The van der Waals surface area contributed by atoms with Crippen molar-refractivity contribution in [3.8, 4) is 0 Å². The molecule has 0 heterocycles. The SMILES string of the molecule is CCCCCCCCNC(CC)[Si](OC)(OC)OC. The molecule has 19 heavy (non-hydrogen) atoms. The third-order valence-corrected chi connectivity index (χ3v) is 6.78. The lowest BCUT2D eigenvalue weighted by atomic mass is 10.1. The van der Waals surface area contributed by atoms with Crippen LogP contribution in [0.4, 0.5) is 0 Å². The van der Waals surface area contributed by atoms with Gasteiger partial charge in [0.2, 0.25) is 0 Å². The third-order valence-electron chi connectivity index (χ3n) is 3.61. The Morgan fingerprint density at radius 1 is 0.842 bits per heavy atom. The van der Waals surface area contributed by atoms with Crippen LogP contribution in [0.25, 0.3) is 0 Å². The molecule has 0 rings (SSSR count). The molecule has 0 aliphatic heterocycles. The van der Waals surface area contributed by atoms with Gasteiger partial charge in [-0.15, -0.1) is 0 Å². The van der Waals surface area contributed by atoms with Gasteiger partial charge in [-0.1, -0.05) is 46.0 Å². The molecular formula is C14H33NO3Si. The minimum Gasteiger partial charge on any atom is -0.376 e. The van der Waals surface area contributed by atoms with Gasteiger partial charge in [0.1, 0.15) is 0 Å². The molecule has 116 valence electrons. The van der Waals surface area contributed by atoms with E-state index < -0.39 is 8.80 Å². The van der Waals surface area contributed by atoms with Gasteiger partial charge in [0.25, 0.3) is 0 Å². The first-order valence-electron chi connectivity index (χ1n) is 7.59. The average molecular weight is 292 g/mol. The first kappa shape index (κ1) is 19.1. The van der Waals surface area contributed by atoms with Crippen LogP contribution in [0.5, 0.6) is 0 Å². The number of unbranched alkanes of at least 4 members (excludes halogenated alkanes) is 5. The fourth-order valence-electron chi connectivity index (χ4n) is 2.38. The van der Waals surface area contributed by atoms with Crippen molar-refractivity contribution in [1.29, 1.82) is 0 Å². The predicted octanol–water partition coefficient (Wildman–Crippen LogP) is 3.13. The summed E-state index contributed by atoms with van der Waals surface area (Å²) in [5.74, 6) is 0. The van der Waals surface area contributed by atoms with Crippen LogP contribution in [0.1, 0.15) is 58.8 Å². The Labute approximate surface area is 120 Å². The fraction of sp³-hybridized carbons (Fsp3) is 1.00. The van der Waals surface area contributed by atoms with Crippen molar-refractivity contribution in [2.45, 2.75) is 64.5 Å². The summed E-state index contributed by atoms with van der Waals surface area (Å²) in [6.07, 6.45) is 8.83. The van der Waals surface area contributed by atoms with Gasteiger partial charge in [-0.05, 0) is 19.4 Å². The Bertz CT molecular complexity index is 193. The van der Waals surface area contributed by atoms with Gasteiger partial charge >= 0.3 is 8.80 Å². The van der Waals surface area contributed by atoms with Gasteiger partial charge in [0.15, 0.2) is 0 Å². The van der Waals surface area contributed by atoms with Crippen molar-refractivity contribution in [2.75, 3.05) is 27.9 Å². The molecular weight excluding hydrogens is 258 g/mol. The van der Waals surface area contributed by atoms with Crippen LogP contribution in [-0.4, -0.2) is 42.3 Å². The summed E-state index contributed by atoms with van der Waals surface area (Å²) >= 11 is 0. The maximum Gasteiger partial charge on any atom is 0.517 e. The molecule has 0 spiro atoms. The van der Waals surface area contributed by atoms with Gasteiger partial charge in [0, 0.05) is 21.3 Å². The maximum atomic E-state index is 5.53. The third kappa shape index (κ3) is 6.86. The number of nitrogens with one attached hydrogen (secondary N) is 1. The van der Waals surface area contributed by atoms with Crippen LogP contribution >= 0.6 is 0 Å². The van der Waals surface area contributed by atoms with Crippen LogP contribution in [0, 0.1) is 0 Å². The zero-order valence-electron chi connectivity index (χ0n) is 13.5. The van der Waals surface area contributed by atoms with E-state index in [4.69, 9.17) is 13.3 Å². The number of hydrogen-bond donors (Lipinski definition) is 1. The van der Waals surface area contributed by atoms with E-state index in [-0.39, 0.29) is 5.67 Å². The summed E-state index contributed by atoms with van der Waals surface area (Å²) in [6, 6.07) is 0. The second-order valence-corrected chi connectivity index (χ2v) is 8.03. The van der Waals surface area contributed by atoms with Crippen LogP contribution < -0.4 is 5.32 Å². The van der Waals surface area contributed by atoms with Crippen molar-refractivity contribution < 1.29 is 13.3 Å². The summed E-state index contributed by atoms with van der Waals surface area (Å²) in [7, 11) is 2.49. The van der Waals surface area contributed by atoms with Crippen LogP contribution in [-0.2, 0) is 13.3 Å². The van der Waals surface area contributed by atoms with Crippen LogP contribution in [0.2, 0.25) is 0 Å². The number of rotatable bonds is 13. The van der Waals surface area contributed by atoms with Gasteiger partial charge in [-0.25, -0.2) is 0 Å². The van der Waals surface area contributed by atoms with Gasteiger partial charge in [-0.2, -0.15) is 0 Å². The van der Waals surface area contributed by atoms with E-state index in [2.05, 4.69) is 19.2 Å². The fourth-order valence-corrected chi connectivity index (χ4v) is 4.63. The van der Waals surface area contributed by atoms with E-state index in [1.165, 1.54) is 38.5 Å². The zero-order chi connectivity index (χ0) is 14.6. The molecule has 0 aliphatic rings. The second kappa shape index (κ2) is 11.8. The lowest BCUT2D eigenvalue weighted by molar-refractivity contribution is 0.106. The Morgan fingerprint density at radius 3 is 1.84 bits per heavy atom. The van der Waals surface area contributed by atoms with E-state index in [9.17, 15) is 0 Å². The standard InChI is InChI=1S/C14H33NO3Si/c1-6-8-9-10-11-12-13-15-14(7-2)19(16-3,17-4)18-5/h14-15H,6-13H2,1-5H3. The summed E-state index contributed by atoms with van der Waals surface area (Å²) in [6.45, 7) is 5.39. The van der Waals surface area contributed by atoms with E-state index in [0.717, 1.165) is 13.0 Å². The van der Waals surface area contributed by atoms with Gasteiger partial charge in [0.05, 0.1) is 5.67 Å². The Kier molecular flexibility index (Phi) is 11.9. The van der Waals surface area contributed by atoms with Crippen molar-refractivity contribution in [2.24, 2.45) is 0 Å². The Morgan fingerprint density at radius 2 is 1.37 bits per heavy atom. The highest BCUT2D eigenvalue weighted by atomic mass is 28.4. The van der Waals surface area contributed by atoms with E-state index in [1.807, 2.05) is 0 Å². The summed E-state index contributed by atoms with van der Waals surface area (Å²) < 4.78 is 16.6. The molecule has 0 saturated heterocycles. The highest BCUT2D eigenvalue weighted by Gasteiger charge is 2.46. The maximum absolute atomic E-state index is 5.53. The van der Waals surface area contributed by atoms with Gasteiger partial charge < -0.3 is 18.6 Å². The summed E-state index contributed by atoms with van der Waals surface area (Å²) in [5.41, 5.74) is 0.183. The molecule has 0 radical (unpaired) electrons. The largest absolute Gasteiger partial charge is 0.517 e. The normalized spacial score (nSPS) is 13.7. The molecule has 1 unspecified atom stereocenters. The molecule has 0 aromatic heterocycles. The topological polar surface area (TPSA) is 39.7 Å². The van der Waals surface area contributed by atoms with Crippen LogP contribution in [0.15, 0.2) is 0 Å². The first-order valence-corrected chi connectivity index (χ1v) is 9.39. The van der Waals surface area contributed by atoms with Crippen molar-refractivity contribution in [3.05, 3.63) is 0 Å². The van der Waals surface area contributed by atoms with E-state index in [0.29, 0.717) is 0 Å². The first-order chi connectivity index (χ1) is 9.20. The average Bonchev–Trinajstić information content (AvgIpc) is 2.46. The Hall–Kier alpha value is 0.0569. The lowest BCUT2D eigenvalue weighted by Gasteiger charge is -2.32. The minimum atomic E-state index is -2.54. The molecule has 0 fully saturated rings. The summed E-state index contributed by atoms with van der Waals surface area (Å²) in [5, 5.41) is 3.54. The molecule has 0 aromatic carbocycles. The molecule has 1 N–H and O–H groups in total. The molecule has 0 aromatic rings. The van der Waals surface area contributed by atoms with E-state index in [1.54, 1.807) is 21.3 Å². The zero-order valence-corrected chi connectivity index (χ0v) is 14.5. The molecule has 0 saturated carbocycles. The lowest BCUT2D eigenvalue weighted by Crippen LogP contribution is -2.60. The number of hydrogen-bond acceptors (Lipinski definition) is 4.